The van der Waals surface area contributed by atoms with Gasteiger partial charge in [-0.2, -0.15) is 0 Å². The summed E-state index contributed by atoms with van der Waals surface area (Å²) < 4.78 is 0.836. The van der Waals surface area contributed by atoms with Gasteiger partial charge in [-0.25, -0.2) is 9.97 Å². The highest BCUT2D eigenvalue weighted by atomic mass is 35.5. The van der Waals surface area contributed by atoms with E-state index in [0.29, 0.717) is 5.15 Å². The average Bonchev–Trinajstić information content (AvgIpc) is 2.49. The molecule has 12 heavy (non-hydrogen) atoms. The second-order valence-corrected chi connectivity index (χ2v) is 3.74. The first kappa shape index (κ1) is 7.91. The molecule has 0 amide bonds. The summed E-state index contributed by atoms with van der Waals surface area (Å²) in [6.07, 6.45) is 1.42. The third-order valence-corrected chi connectivity index (χ3v) is 2.99. The highest BCUT2D eigenvalue weighted by Gasteiger charge is 2.05. The van der Waals surface area contributed by atoms with Gasteiger partial charge in [0.25, 0.3) is 0 Å². The molecule has 3 nitrogen and oxygen atoms in total. The van der Waals surface area contributed by atoms with Crippen molar-refractivity contribution in [1.82, 2.24) is 9.97 Å². The molecular formula is C7H5ClN2OS. The summed E-state index contributed by atoms with van der Waals surface area (Å²) in [5.41, 5.74) is 0.795. The second kappa shape index (κ2) is 2.97. The number of halogens is 1. The normalized spacial score (nSPS) is 10.8. The fraction of sp³-hybridized carbons (Fsp3) is 0.143. The Morgan fingerprint density at radius 3 is 3.00 bits per heavy atom. The van der Waals surface area contributed by atoms with Crippen molar-refractivity contribution in [2.75, 3.05) is 0 Å². The number of thiophene rings is 1. The molecule has 0 atom stereocenters. The van der Waals surface area contributed by atoms with Gasteiger partial charge >= 0.3 is 0 Å². The molecule has 1 N–H and O–H groups in total. The van der Waals surface area contributed by atoms with Gasteiger partial charge < -0.3 is 5.11 Å². The quantitative estimate of drug-likeness (QED) is 0.715. The number of aliphatic hydroxyl groups excluding tert-OH is 1. The molecule has 0 aliphatic carbocycles. The molecule has 62 valence electrons. The monoisotopic (exact) mass is 200 g/mol. The Labute approximate surface area is 77.7 Å². The summed E-state index contributed by atoms with van der Waals surface area (Å²) >= 11 is 7.22. The molecule has 2 aromatic rings. The topological polar surface area (TPSA) is 46.0 Å². The van der Waals surface area contributed by atoms with Crippen molar-refractivity contribution in [3.05, 3.63) is 22.4 Å². The molecule has 0 aliphatic heterocycles. The van der Waals surface area contributed by atoms with Crippen molar-refractivity contribution in [2.45, 2.75) is 6.61 Å². The first-order chi connectivity index (χ1) is 5.81. The predicted octanol–water partition coefficient (Wildman–Crippen LogP) is 1.84. The summed E-state index contributed by atoms with van der Waals surface area (Å²) in [5.74, 6) is 0. The van der Waals surface area contributed by atoms with E-state index in [4.69, 9.17) is 16.7 Å². The van der Waals surface area contributed by atoms with Crippen LogP contribution in [0.4, 0.5) is 0 Å². The maximum atomic E-state index is 8.85. The zero-order chi connectivity index (χ0) is 8.55. The van der Waals surface area contributed by atoms with Crippen LogP contribution in [-0.4, -0.2) is 15.1 Å². The average molecular weight is 201 g/mol. The fourth-order valence-electron chi connectivity index (χ4n) is 0.953. The molecule has 0 fully saturated rings. The minimum absolute atomic E-state index is 0.0252. The first-order valence-corrected chi connectivity index (χ1v) is 4.50. The van der Waals surface area contributed by atoms with E-state index < -0.39 is 0 Å². The summed E-state index contributed by atoms with van der Waals surface area (Å²) in [5, 5.41) is 9.30. The van der Waals surface area contributed by atoms with Gasteiger partial charge in [0.2, 0.25) is 0 Å². The van der Waals surface area contributed by atoms with Crippen molar-refractivity contribution in [3.8, 4) is 0 Å². The number of aliphatic hydroxyl groups is 1. The third-order valence-electron chi connectivity index (χ3n) is 1.47. The van der Waals surface area contributed by atoms with Crippen molar-refractivity contribution in [2.24, 2.45) is 0 Å². The summed E-state index contributed by atoms with van der Waals surface area (Å²) in [7, 11) is 0. The van der Waals surface area contributed by atoms with Crippen LogP contribution in [0.15, 0.2) is 12.4 Å². The SMILES string of the molecule is OCc1cc2ncnc(Cl)c2s1. The van der Waals surface area contributed by atoms with E-state index in [1.54, 1.807) is 0 Å². The Morgan fingerprint density at radius 2 is 2.33 bits per heavy atom. The number of rotatable bonds is 1. The molecule has 0 radical (unpaired) electrons. The van der Waals surface area contributed by atoms with Crippen LogP contribution in [0.25, 0.3) is 10.2 Å². The van der Waals surface area contributed by atoms with Gasteiger partial charge in [-0.05, 0) is 6.07 Å². The summed E-state index contributed by atoms with van der Waals surface area (Å²) in [6, 6.07) is 1.81. The molecular weight excluding hydrogens is 196 g/mol. The highest BCUT2D eigenvalue weighted by Crippen LogP contribution is 2.28. The smallest absolute Gasteiger partial charge is 0.150 e. The second-order valence-electron chi connectivity index (χ2n) is 2.25. The maximum absolute atomic E-state index is 8.85. The van der Waals surface area contributed by atoms with Crippen molar-refractivity contribution < 1.29 is 5.11 Å². The zero-order valence-corrected chi connectivity index (χ0v) is 7.56. The standard InChI is InChI=1S/C7H5ClN2OS/c8-7-6-5(9-3-10-7)1-4(2-11)12-6/h1,3,11H,2H2. The van der Waals surface area contributed by atoms with Gasteiger partial charge in [0.1, 0.15) is 11.5 Å². The van der Waals surface area contributed by atoms with Gasteiger partial charge in [-0.15, -0.1) is 11.3 Å². The number of nitrogens with zero attached hydrogens (tertiary/aromatic N) is 2. The minimum Gasteiger partial charge on any atom is -0.391 e. The molecule has 0 saturated heterocycles. The van der Waals surface area contributed by atoms with E-state index in [2.05, 4.69) is 9.97 Å². The number of hydrogen-bond acceptors (Lipinski definition) is 4. The molecule has 0 spiro atoms. The molecule has 2 aromatic heterocycles. The number of fused-ring (bicyclic) bond motifs is 1. The van der Waals surface area contributed by atoms with Crippen LogP contribution in [0.1, 0.15) is 4.88 Å². The van der Waals surface area contributed by atoms with E-state index in [0.717, 1.165) is 15.1 Å². The van der Waals surface area contributed by atoms with Gasteiger partial charge in [0.15, 0.2) is 0 Å². The zero-order valence-electron chi connectivity index (χ0n) is 5.99. The van der Waals surface area contributed by atoms with Crippen LogP contribution in [0.5, 0.6) is 0 Å². The molecule has 0 aliphatic rings. The lowest BCUT2D eigenvalue weighted by molar-refractivity contribution is 0.285. The predicted molar refractivity (Wildman–Crippen MR) is 48.3 cm³/mol. The molecule has 0 saturated carbocycles. The molecule has 0 aromatic carbocycles. The molecule has 0 bridgehead atoms. The van der Waals surface area contributed by atoms with Crippen LogP contribution in [-0.2, 0) is 6.61 Å². The van der Waals surface area contributed by atoms with Gasteiger partial charge in [0.05, 0.1) is 16.8 Å². The van der Waals surface area contributed by atoms with Crippen molar-refractivity contribution in [3.63, 3.8) is 0 Å². The highest BCUT2D eigenvalue weighted by molar-refractivity contribution is 7.19. The lowest BCUT2D eigenvalue weighted by Gasteiger charge is -1.87. The summed E-state index contributed by atoms with van der Waals surface area (Å²) in [6.45, 7) is 0.0252. The lowest BCUT2D eigenvalue weighted by Crippen LogP contribution is -1.76. The Bertz CT molecular complexity index is 415. The molecule has 2 rings (SSSR count). The Hall–Kier alpha value is -0.710. The largest absolute Gasteiger partial charge is 0.391 e. The van der Waals surface area contributed by atoms with Gasteiger partial charge in [-0.3, -0.25) is 0 Å². The fourth-order valence-corrected chi connectivity index (χ4v) is 2.06. The van der Waals surface area contributed by atoms with Crippen molar-refractivity contribution in [1.29, 1.82) is 0 Å². The van der Waals surface area contributed by atoms with Crippen LogP contribution in [0.3, 0.4) is 0 Å². The van der Waals surface area contributed by atoms with E-state index in [-0.39, 0.29) is 6.61 Å². The molecule has 5 heteroatoms. The van der Waals surface area contributed by atoms with E-state index in [1.165, 1.54) is 17.7 Å². The van der Waals surface area contributed by atoms with Crippen LogP contribution in [0, 0.1) is 0 Å². The van der Waals surface area contributed by atoms with Gasteiger partial charge in [-0.1, -0.05) is 11.6 Å². The Morgan fingerprint density at radius 1 is 1.50 bits per heavy atom. The van der Waals surface area contributed by atoms with E-state index >= 15 is 0 Å². The van der Waals surface area contributed by atoms with Crippen LogP contribution in [0.2, 0.25) is 5.15 Å². The third kappa shape index (κ3) is 1.18. The number of aromatic nitrogens is 2. The summed E-state index contributed by atoms with van der Waals surface area (Å²) in [4.78, 5) is 8.71. The first-order valence-electron chi connectivity index (χ1n) is 3.31. The van der Waals surface area contributed by atoms with E-state index in [1.807, 2.05) is 6.07 Å². The Balaban J connectivity index is 2.74. The van der Waals surface area contributed by atoms with E-state index in [9.17, 15) is 0 Å². The Kier molecular flexibility index (Phi) is 1.96. The minimum atomic E-state index is 0.0252. The van der Waals surface area contributed by atoms with Crippen LogP contribution < -0.4 is 0 Å². The lowest BCUT2D eigenvalue weighted by atomic mass is 10.4. The van der Waals surface area contributed by atoms with Crippen molar-refractivity contribution >= 4 is 33.2 Å². The molecule has 0 unspecified atom stereocenters. The number of hydrogen-bond donors (Lipinski definition) is 1. The molecule has 2 heterocycles. The van der Waals surface area contributed by atoms with Gasteiger partial charge in [0, 0.05) is 4.88 Å². The van der Waals surface area contributed by atoms with Crippen LogP contribution >= 0.6 is 22.9 Å². The maximum Gasteiger partial charge on any atom is 0.150 e.